The Morgan fingerprint density at radius 2 is 0.889 bits per heavy atom. The fourth-order valence-electron chi connectivity index (χ4n) is 8.41. The van der Waals surface area contributed by atoms with Crippen molar-refractivity contribution in [1.82, 2.24) is 0 Å². The molecular weight excluding hydrogens is 653 g/mol. The molecule has 0 aromatic heterocycles. The Balaban J connectivity index is 0.988. The molecule has 3 aliphatic carbocycles. The number of hydrogen-bond donors (Lipinski definition) is 0. The van der Waals surface area contributed by atoms with E-state index in [0.717, 1.165) is 40.5 Å². The third-order valence-electron chi connectivity index (χ3n) is 10.8. The molecule has 256 valence electrons. The predicted molar refractivity (Wildman–Crippen MR) is 227 cm³/mol. The van der Waals surface area contributed by atoms with Crippen molar-refractivity contribution in [2.24, 2.45) is 0 Å². The SMILES string of the molecule is C1=Cc2cc(-c3cccc(N(c4ccccc4)c4ccccc4)c3)cc3c2C2C(=CC3)C=C(c3cccc(N(c4ccccc4)c4ccccc4)c3)C=C12. The lowest BCUT2D eigenvalue weighted by Gasteiger charge is -2.35. The second-order valence-corrected chi connectivity index (χ2v) is 14.2. The Kier molecular flexibility index (Phi) is 8.00. The lowest BCUT2D eigenvalue weighted by Crippen LogP contribution is -2.18. The van der Waals surface area contributed by atoms with Crippen LogP contribution in [0, 0.1) is 0 Å². The van der Waals surface area contributed by atoms with Crippen LogP contribution in [-0.2, 0) is 6.42 Å². The first-order valence-corrected chi connectivity index (χ1v) is 18.8. The Hall–Kier alpha value is -6.90. The zero-order valence-electron chi connectivity index (χ0n) is 29.9. The zero-order valence-corrected chi connectivity index (χ0v) is 29.9. The number of benzene rings is 7. The van der Waals surface area contributed by atoms with Crippen LogP contribution in [0.15, 0.2) is 217 Å². The molecule has 3 aliphatic rings. The van der Waals surface area contributed by atoms with Gasteiger partial charge < -0.3 is 9.80 Å². The van der Waals surface area contributed by atoms with Gasteiger partial charge in [-0.2, -0.15) is 0 Å². The Morgan fingerprint density at radius 3 is 1.44 bits per heavy atom. The highest BCUT2D eigenvalue weighted by molar-refractivity contribution is 5.88. The molecule has 0 saturated heterocycles. The minimum absolute atomic E-state index is 0.262. The maximum atomic E-state index is 2.46. The summed E-state index contributed by atoms with van der Waals surface area (Å²) in [7, 11) is 0. The van der Waals surface area contributed by atoms with Crippen molar-refractivity contribution in [2.45, 2.75) is 12.3 Å². The number of para-hydroxylation sites is 4. The molecular formula is C52H38N2. The molecule has 7 aromatic rings. The van der Waals surface area contributed by atoms with Gasteiger partial charge in [-0.1, -0.05) is 134 Å². The molecule has 2 nitrogen and oxygen atoms in total. The van der Waals surface area contributed by atoms with Gasteiger partial charge >= 0.3 is 0 Å². The lowest BCUT2D eigenvalue weighted by atomic mass is 9.69. The largest absolute Gasteiger partial charge is 0.310 e. The monoisotopic (exact) mass is 690 g/mol. The summed E-state index contributed by atoms with van der Waals surface area (Å²) in [6, 6.07) is 65.3. The maximum absolute atomic E-state index is 2.46. The molecule has 0 N–H and O–H groups in total. The van der Waals surface area contributed by atoms with Gasteiger partial charge in [-0.15, -0.1) is 0 Å². The Bertz CT molecular complexity index is 2540. The Labute approximate surface area is 317 Å². The van der Waals surface area contributed by atoms with Gasteiger partial charge in [0.1, 0.15) is 0 Å². The van der Waals surface area contributed by atoms with Crippen molar-refractivity contribution in [1.29, 1.82) is 0 Å². The molecule has 1 unspecified atom stereocenters. The minimum atomic E-state index is 0.262. The van der Waals surface area contributed by atoms with Crippen LogP contribution in [0.25, 0.3) is 22.8 Å². The first-order chi connectivity index (χ1) is 26.8. The summed E-state index contributed by atoms with van der Waals surface area (Å²) < 4.78 is 0. The number of nitrogens with zero attached hydrogens (tertiary/aromatic N) is 2. The van der Waals surface area contributed by atoms with Gasteiger partial charge in [0, 0.05) is 40.0 Å². The fourth-order valence-corrected chi connectivity index (χ4v) is 8.41. The molecule has 2 heteroatoms. The van der Waals surface area contributed by atoms with Gasteiger partial charge in [0.25, 0.3) is 0 Å². The van der Waals surface area contributed by atoms with Crippen LogP contribution >= 0.6 is 0 Å². The summed E-state index contributed by atoms with van der Waals surface area (Å²) >= 11 is 0. The van der Waals surface area contributed by atoms with E-state index in [9.17, 15) is 0 Å². The van der Waals surface area contributed by atoms with Crippen molar-refractivity contribution in [3.63, 3.8) is 0 Å². The second-order valence-electron chi connectivity index (χ2n) is 14.2. The average molecular weight is 691 g/mol. The van der Waals surface area contributed by atoms with Gasteiger partial charge in [0.05, 0.1) is 0 Å². The third kappa shape index (κ3) is 5.79. The quantitative estimate of drug-likeness (QED) is 0.157. The number of allylic oxidation sites excluding steroid dienone is 7. The van der Waals surface area contributed by atoms with E-state index in [0.29, 0.717) is 0 Å². The van der Waals surface area contributed by atoms with Gasteiger partial charge in [-0.05, 0) is 135 Å². The molecule has 0 saturated carbocycles. The molecule has 0 spiro atoms. The standard InChI is InChI=1S/C52H38N2/c1-5-17-45(18-6-1)53(46-19-7-2-8-20-46)49-25-13-15-37(35-49)43-31-39-27-29-41-33-44(34-42-30-28-40(32-43)51(39)52(41)42)38-16-14-26-50(36-38)54(47-21-9-3-10-22-47)48-23-11-4-12-24-48/h1-29,31-36,51H,30H2. The van der Waals surface area contributed by atoms with Gasteiger partial charge in [0.15, 0.2) is 0 Å². The number of anilines is 6. The van der Waals surface area contributed by atoms with Gasteiger partial charge in [-0.25, -0.2) is 0 Å². The molecule has 54 heavy (non-hydrogen) atoms. The topological polar surface area (TPSA) is 6.48 Å². The highest BCUT2D eigenvalue weighted by Gasteiger charge is 2.32. The summed E-state index contributed by atoms with van der Waals surface area (Å²) in [5.74, 6) is 0.262. The maximum Gasteiger partial charge on any atom is 0.0467 e. The van der Waals surface area contributed by atoms with E-state index in [2.05, 4.69) is 222 Å². The van der Waals surface area contributed by atoms with Crippen LogP contribution in [0.2, 0.25) is 0 Å². The van der Waals surface area contributed by atoms with E-state index in [-0.39, 0.29) is 5.92 Å². The van der Waals surface area contributed by atoms with E-state index < -0.39 is 0 Å². The highest BCUT2D eigenvalue weighted by Crippen LogP contribution is 2.50. The van der Waals surface area contributed by atoms with Crippen molar-refractivity contribution in [2.75, 3.05) is 9.80 Å². The molecule has 0 aliphatic heterocycles. The first kappa shape index (κ1) is 31.8. The molecule has 10 rings (SSSR count). The van der Waals surface area contributed by atoms with Crippen LogP contribution in [-0.4, -0.2) is 0 Å². The molecule has 0 radical (unpaired) electrons. The van der Waals surface area contributed by atoms with Crippen LogP contribution in [0.1, 0.15) is 28.2 Å². The normalized spacial score (nSPS) is 15.0. The molecule has 7 aromatic carbocycles. The van der Waals surface area contributed by atoms with Crippen molar-refractivity contribution < 1.29 is 0 Å². The van der Waals surface area contributed by atoms with E-state index >= 15 is 0 Å². The minimum Gasteiger partial charge on any atom is -0.310 e. The van der Waals surface area contributed by atoms with Crippen molar-refractivity contribution >= 4 is 45.8 Å². The lowest BCUT2D eigenvalue weighted by molar-refractivity contribution is 0.894. The van der Waals surface area contributed by atoms with Gasteiger partial charge in [0.2, 0.25) is 0 Å². The van der Waals surface area contributed by atoms with E-state index in [1.54, 1.807) is 0 Å². The zero-order chi connectivity index (χ0) is 35.8. The summed E-state index contributed by atoms with van der Waals surface area (Å²) in [4.78, 5) is 4.67. The first-order valence-electron chi connectivity index (χ1n) is 18.8. The predicted octanol–water partition coefficient (Wildman–Crippen LogP) is 13.9. The molecule has 0 fully saturated rings. The summed E-state index contributed by atoms with van der Waals surface area (Å²) in [6.45, 7) is 0. The average Bonchev–Trinajstić information content (AvgIpc) is 3.24. The molecule has 0 amide bonds. The van der Waals surface area contributed by atoms with Crippen LogP contribution in [0.3, 0.4) is 0 Å². The highest BCUT2D eigenvalue weighted by atomic mass is 15.1. The second kappa shape index (κ2) is 13.6. The van der Waals surface area contributed by atoms with Crippen LogP contribution in [0.4, 0.5) is 34.1 Å². The van der Waals surface area contributed by atoms with Gasteiger partial charge in [-0.3, -0.25) is 0 Å². The summed E-state index contributed by atoms with van der Waals surface area (Å²) in [5.41, 5.74) is 18.7. The molecule has 0 heterocycles. The van der Waals surface area contributed by atoms with Crippen molar-refractivity contribution in [3.05, 3.63) is 240 Å². The van der Waals surface area contributed by atoms with E-state index in [4.69, 9.17) is 0 Å². The Morgan fingerprint density at radius 1 is 0.389 bits per heavy atom. The fraction of sp³-hybridized carbons (Fsp3) is 0.0385. The van der Waals surface area contributed by atoms with E-state index in [1.807, 2.05) is 0 Å². The van der Waals surface area contributed by atoms with Crippen LogP contribution < -0.4 is 9.80 Å². The number of hydrogen-bond acceptors (Lipinski definition) is 2. The van der Waals surface area contributed by atoms with Crippen LogP contribution in [0.5, 0.6) is 0 Å². The molecule has 1 atom stereocenters. The number of rotatable bonds is 8. The smallest absolute Gasteiger partial charge is 0.0467 e. The summed E-state index contributed by atoms with van der Waals surface area (Å²) in [6.07, 6.45) is 12.9. The molecule has 0 bridgehead atoms. The van der Waals surface area contributed by atoms with E-state index in [1.165, 1.54) is 50.1 Å². The van der Waals surface area contributed by atoms with Crippen molar-refractivity contribution in [3.8, 4) is 11.1 Å². The summed E-state index contributed by atoms with van der Waals surface area (Å²) in [5, 5.41) is 0. The third-order valence-corrected chi connectivity index (χ3v) is 10.8.